The lowest BCUT2D eigenvalue weighted by atomic mass is 10.1. The normalized spacial score (nSPS) is 12.2. The van der Waals surface area contributed by atoms with Crippen LogP contribution in [0.4, 0.5) is 13.2 Å². The molecule has 16 heavy (non-hydrogen) atoms. The third kappa shape index (κ3) is 2.07. The third-order valence-corrected chi connectivity index (χ3v) is 3.50. The molecule has 1 aromatic heterocycles. The lowest BCUT2D eigenvalue weighted by Crippen LogP contribution is -2.03. The van der Waals surface area contributed by atoms with E-state index in [1.54, 1.807) is 6.07 Å². The van der Waals surface area contributed by atoms with Crippen molar-refractivity contribution in [2.75, 3.05) is 0 Å². The van der Waals surface area contributed by atoms with Gasteiger partial charge in [-0.2, -0.15) is 13.2 Å². The largest absolute Gasteiger partial charge is 0.416 e. The molecule has 0 unspecified atom stereocenters. The fourth-order valence-electron chi connectivity index (χ4n) is 1.72. The van der Waals surface area contributed by atoms with Gasteiger partial charge in [-0.3, -0.25) is 0 Å². The van der Waals surface area contributed by atoms with Gasteiger partial charge in [0.05, 0.1) is 5.56 Å². The first kappa shape index (κ1) is 11.5. The van der Waals surface area contributed by atoms with Crippen molar-refractivity contribution in [2.24, 2.45) is 0 Å². The Balaban J connectivity index is 2.49. The molecule has 0 amide bonds. The van der Waals surface area contributed by atoms with Gasteiger partial charge in [-0.1, -0.05) is 19.4 Å². The standard InChI is InChI=1S/C12H11F3S/c1-2-3-8-7-16-11-6-9(12(13,14)15)4-5-10(8)11/h4-7H,2-3H2,1H3. The molecule has 4 heteroatoms. The highest BCUT2D eigenvalue weighted by molar-refractivity contribution is 7.17. The maximum atomic E-state index is 12.5. The van der Waals surface area contributed by atoms with Gasteiger partial charge in [0.25, 0.3) is 0 Å². The van der Waals surface area contributed by atoms with Gasteiger partial charge in [0.2, 0.25) is 0 Å². The first-order chi connectivity index (χ1) is 7.52. The van der Waals surface area contributed by atoms with Gasteiger partial charge in [-0.25, -0.2) is 0 Å². The molecule has 1 aromatic carbocycles. The predicted octanol–water partition coefficient (Wildman–Crippen LogP) is 4.87. The van der Waals surface area contributed by atoms with Crippen LogP contribution in [0.5, 0.6) is 0 Å². The molecule has 0 aliphatic rings. The first-order valence-electron chi connectivity index (χ1n) is 5.09. The molecule has 0 spiro atoms. The number of aryl methyl sites for hydroxylation is 1. The van der Waals surface area contributed by atoms with Crippen LogP contribution in [0.2, 0.25) is 0 Å². The van der Waals surface area contributed by atoms with Crippen molar-refractivity contribution in [3.05, 3.63) is 34.7 Å². The smallest absolute Gasteiger partial charge is 0.166 e. The Bertz CT molecular complexity index is 496. The molecular weight excluding hydrogens is 233 g/mol. The second kappa shape index (κ2) is 4.09. The average molecular weight is 244 g/mol. The number of hydrogen-bond donors (Lipinski definition) is 0. The maximum Gasteiger partial charge on any atom is 0.416 e. The molecule has 0 radical (unpaired) electrons. The zero-order chi connectivity index (χ0) is 11.8. The van der Waals surface area contributed by atoms with Gasteiger partial charge in [0, 0.05) is 4.70 Å². The molecule has 0 atom stereocenters. The average Bonchev–Trinajstić information content (AvgIpc) is 2.60. The van der Waals surface area contributed by atoms with Crippen LogP contribution in [-0.2, 0) is 12.6 Å². The molecule has 0 aliphatic heterocycles. The van der Waals surface area contributed by atoms with Crippen LogP contribution in [0.3, 0.4) is 0 Å². The molecule has 2 aromatic rings. The highest BCUT2D eigenvalue weighted by Crippen LogP contribution is 2.34. The topological polar surface area (TPSA) is 0 Å². The fraction of sp³-hybridized carbons (Fsp3) is 0.333. The fourth-order valence-corrected chi connectivity index (χ4v) is 2.76. The Hall–Kier alpha value is -1.03. The SMILES string of the molecule is CCCc1csc2cc(C(F)(F)F)ccc12. The van der Waals surface area contributed by atoms with Crippen LogP contribution in [0.15, 0.2) is 23.6 Å². The molecule has 0 saturated carbocycles. The summed E-state index contributed by atoms with van der Waals surface area (Å²) < 4.78 is 38.1. The number of rotatable bonds is 2. The molecule has 2 rings (SSSR count). The quantitative estimate of drug-likeness (QED) is 0.706. The zero-order valence-corrected chi connectivity index (χ0v) is 9.58. The lowest BCUT2D eigenvalue weighted by molar-refractivity contribution is -0.137. The van der Waals surface area contributed by atoms with Crippen LogP contribution in [0.1, 0.15) is 24.5 Å². The van der Waals surface area contributed by atoms with Crippen molar-refractivity contribution in [1.29, 1.82) is 0 Å². The van der Waals surface area contributed by atoms with E-state index in [-0.39, 0.29) is 0 Å². The monoisotopic (exact) mass is 244 g/mol. The van der Waals surface area contributed by atoms with Gasteiger partial charge in [-0.15, -0.1) is 11.3 Å². The first-order valence-corrected chi connectivity index (χ1v) is 5.97. The number of benzene rings is 1. The van der Waals surface area contributed by atoms with Gasteiger partial charge in [0.1, 0.15) is 0 Å². The number of fused-ring (bicyclic) bond motifs is 1. The van der Waals surface area contributed by atoms with Crippen molar-refractivity contribution in [3.63, 3.8) is 0 Å². The number of hydrogen-bond acceptors (Lipinski definition) is 1. The molecule has 1 heterocycles. The predicted molar refractivity (Wildman–Crippen MR) is 60.8 cm³/mol. The van der Waals surface area contributed by atoms with E-state index in [2.05, 4.69) is 6.92 Å². The molecule has 0 N–H and O–H groups in total. The summed E-state index contributed by atoms with van der Waals surface area (Å²) >= 11 is 1.38. The molecule has 0 aliphatic carbocycles. The van der Waals surface area contributed by atoms with Crippen molar-refractivity contribution in [2.45, 2.75) is 25.9 Å². The van der Waals surface area contributed by atoms with Gasteiger partial charge in [0.15, 0.2) is 0 Å². The summed E-state index contributed by atoms with van der Waals surface area (Å²) in [6.07, 6.45) is -2.32. The van der Waals surface area contributed by atoms with Crippen molar-refractivity contribution in [1.82, 2.24) is 0 Å². The summed E-state index contributed by atoms with van der Waals surface area (Å²) in [5.41, 5.74) is 0.584. The minimum absolute atomic E-state index is 0.565. The Morgan fingerprint density at radius 1 is 1.25 bits per heavy atom. The minimum Gasteiger partial charge on any atom is -0.166 e. The van der Waals surface area contributed by atoms with E-state index in [0.717, 1.165) is 34.6 Å². The second-order valence-electron chi connectivity index (χ2n) is 3.72. The van der Waals surface area contributed by atoms with Crippen molar-refractivity contribution >= 4 is 21.4 Å². The third-order valence-electron chi connectivity index (χ3n) is 2.50. The molecule has 86 valence electrons. The number of halogens is 3. The summed E-state index contributed by atoms with van der Waals surface area (Å²) in [5, 5.41) is 2.91. The Kier molecular flexibility index (Phi) is 2.93. The van der Waals surface area contributed by atoms with Crippen LogP contribution < -0.4 is 0 Å². The summed E-state index contributed by atoms with van der Waals surface area (Å²) in [6.45, 7) is 2.06. The van der Waals surface area contributed by atoms with Gasteiger partial charge < -0.3 is 0 Å². The van der Waals surface area contributed by atoms with Crippen molar-refractivity contribution < 1.29 is 13.2 Å². The van der Waals surface area contributed by atoms with Crippen molar-refractivity contribution in [3.8, 4) is 0 Å². The van der Waals surface area contributed by atoms with Crippen LogP contribution in [0, 0.1) is 0 Å². The van der Waals surface area contributed by atoms with E-state index in [1.807, 2.05) is 5.38 Å². The summed E-state index contributed by atoms with van der Waals surface area (Å²) in [6, 6.07) is 3.98. The van der Waals surface area contributed by atoms with E-state index >= 15 is 0 Å². The Morgan fingerprint density at radius 2 is 2.00 bits per heavy atom. The molecule has 0 nitrogen and oxygen atoms in total. The number of alkyl halides is 3. The second-order valence-corrected chi connectivity index (χ2v) is 4.63. The van der Waals surface area contributed by atoms with Gasteiger partial charge in [-0.05, 0) is 34.9 Å². The van der Waals surface area contributed by atoms with Gasteiger partial charge >= 0.3 is 6.18 Å². The van der Waals surface area contributed by atoms with E-state index in [1.165, 1.54) is 17.4 Å². The van der Waals surface area contributed by atoms with Crippen LogP contribution >= 0.6 is 11.3 Å². The van der Waals surface area contributed by atoms with E-state index < -0.39 is 11.7 Å². The highest BCUT2D eigenvalue weighted by Gasteiger charge is 2.30. The summed E-state index contributed by atoms with van der Waals surface area (Å²) in [4.78, 5) is 0. The van der Waals surface area contributed by atoms with Crippen LogP contribution in [-0.4, -0.2) is 0 Å². The number of thiophene rings is 1. The van der Waals surface area contributed by atoms with E-state index in [0.29, 0.717) is 0 Å². The summed E-state index contributed by atoms with van der Waals surface area (Å²) in [7, 11) is 0. The highest BCUT2D eigenvalue weighted by atomic mass is 32.1. The van der Waals surface area contributed by atoms with Crippen LogP contribution in [0.25, 0.3) is 10.1 Å². The summed E-state index contributed by atoms with van der Waals surface area (Å²) in [5.74, 6) is 0. The Labute approximate surface area is 95.7 Å². The zero-order valence-electron chi connectivity index (χ0n) is 8.77. The van der Waals surface area contributed by atoms with E-state index in [9.17, 15) is 13.2 Å². The Morgan fingerprint density at radius 3 is 2.62 bits per heavy atom. The van der Waals surface area contributed by atoms with E-state index in [4.69, 9.17) is 0 Å². The molecular formula is C12H11F3S. The molecule has 0 saturated heterocycles. The lowest BCUT2D eigenvalue weighted by Gasteiger charge is -2.06. The molecule has 0 fully saturated rings. The maximum absolute atomic E-state index is 12.5. The molecule has 0 bridgehead atoms. The minimum atomic E-state index is -4.25.